The fraction of sp³-hybridized carbons (Fsp3) is 0.111. The molecule has 5 heteroatoms. The van der Waals surface area contributed by atoms with E-state index in [1.165, 1.54) is 6.20 Å². The first-order chi connectivity index (χ1) is 6.65. The minimum atomic E-state index is -1.12. The smallest absolute Gasteiger partial charge is 0.356 e. The summed E-state index contributed by atoms with van der Waals surface area (Å²) >= 11 is 4.00. The molecule has 0 spiro atoms. The SMILES string of the molecule is Nc1cc(C=CCS)cnc1C(=O)O. The monoisotopic (exact) mass is 210 g/mol. The lowest BCUT2D eigenvalue weighted by molar-refractivity contribution is 0.0692. The van der Waals surface area contributed by atoms with E-state index in [-0.39, 0.29) is 11.4 Å². The second-order valence-electron chi connectivity index (χ2n) is 2.60. The lowest BCUT2D eigenvalue weighted by Gasteiger charge is -2.00. The fourth-order valence-corrected chi connectivity index (χ4v) is 1.06. The summed E-state index contributed by atoms with van der Waals surface area (Å²) < 4.78 is 0. The Morgan fingerprint density at radius 3 is 2.93 bits per heavy atom. The zero-order chi connectivity index (χ0) is 10.6. The van der Waals surface area contributed by atoms with Crippen LogP contribution in [-0.2, 0) is 0 Å². The van der Waals surface area contributed by atoms with Crippen molar-refractivity contribution in [3.8, 4) is 0 Å². The topological polar surface area (TPSA) is 76.2 Å². The number of aromatic carboxylic acids is 1. The predicted octanol–water partition coefficient (Wildman–Crippen LogP) is 1.31. The Morgan fingerprint density at radius 1 is 1.71 bits per heavy atom. The van der Waals surface area contributed by atoms with Crippen molar-refractivity contribution in [3.05, 3.63) is 29.6 Å². The normalized spacial score (nSPS) is 10.6. The van der Waals surface area contributed by atoms with Gasteiger partial charge in [-0.15, -0.1) is 0 Å². The van der Waals surface area contributed by atoms with Gasteiger partial charge in [0.1, 0.15) is 0 Å². The average molecular weight is 210 g/mol. The maximum Gasteiger partial charge on any atom is 0.356 e. The van der Waals surface area contributed by atoms with Gasteiger partial charge in [0.25, 0.3) is 0 Å². The van der Waals surface area contributed by atoms with Gasteiger partial charge in [-0.2, -0.15) is 12.6 Å². The first-order valence-electron chi connectivity index (χ1n) is 3.91. The highest BCUT2D eigenvalue weighted by molar-refractivity contribution is 7.80. The Hall–Kier alpha value is -1.49. The van der Waals surface area contributed by atoms with Crippen LogP contribution in [0.5, 0.6) is 0 Å². The largest absolute Gasteiger partial charge is 0.476 e. The van der Waals surface area contributed by atoms with Crippen LogP contribution in [0.3, 0.4) is 0 Å². The molecule has 0 radical (unpaired) electrons. The molecule has 0 bridgehead atoms. The Kier molecular flexibility index (Phi) is 3.53. The first kappa shape index (κ1) is 10.6. The van der Waals surface area contributed by atoms with E-state index >= 15 is 0 Å². The van der Waals surface area contributed by atoms with Gasteiger partial charge in [0, 0.05) is 11.9 Å². The highest BCUT2D eigenvalue weighted by Crippen LogP contribution is 2.12. The van der Waals surface area contributed by atoms with Crippen molar-refractivity contribution in [1.29, 1.82) is 0 Å². The number of nitrogen functional groups attached to an aromatic ring is 1. The van der Waals surface area contributed by atoms with Crippen molar-refractivity contribution in [1.82, 2.24) is 4.98 Å². The third kappa shape index (κ3) is 2.50. The lowest BCUT2D eigenvalue weighted by atomic mass is 10.2. The molecule has 0 aliphatic heterocycles. The molecule has 3 N–H and O–H groups in total. The molecule has 0 aromatic carbocycles. The zero-order valence-corrected chi connectivity index (χ0v) is 8.24. The molecule has 0 aliphatic carbocycles. The molecule has 1 heterocycles. The summed E-state index contributed by atoms with van der Waals surface area (Å²) in [7, 11) is 0. The number of carbonyl (C=O) groups is 1. The van der Waals surface area contributed by atoms with Crippen molar-refractivity contribution in [2.75, 3.05) is 11.5 Å². The van der Waals surface area contributed by atoms with Crippen LogP contribution in [0.4, 0.5) is 5.69 Å². The summed E-state index contributed by atoms with van der Waals surface area (Å²) in [6, 6.07) is 1.57. The van der Waals surface area contributed by atoms with Gasteiger partial charge in [-0.25, -0.2) is 9.78 Å². The van der Waals surface area contributed by atoms with E-state index in [2.05, 4.69) is 17.6 Å². The third-order valence-electron chi connectivity index (χ3n) is 1.56. The number of carboxylic acids is 1. The van der Waals surface area contributed by atoms with Gasteiger partial charge in [0.05, 0.1) is 5.69 Å². The quantitative estimate of drug-likeness (QED) is 0.657. The molecule has 0 saturated carbocycles. The minimum absolute atomic E-state index is 0.118. The zero-order valence-electron chi connectivity index (χ0n) is 7.34. The van der Waals surface area contributed by atoms with Gasteiger partial charge in [-0.1, -0.05) is 12.2 Å². The maximum absolute atomic E-state index is 10.6. The number of aromatic nitrogens is 1. The van der Waals surface area contributed by atoms with Gasteiger partial charge in [0.2, 0.25) is 0 Å². The van der Waals surface area contributed by atoms with Crippen molar-refractivity contribution in [2.45, 2.75) is 0 Å². The second kappa shape index (κ2) is 4.66. The number of hydrogen-bond acceptors (Lipinski definition) is 4. The van der Waals surface area contributed by atoms with Crippen LogP contribution >= 0.6 is 12.6 Å². The standard InChI is InChI=1S/C9H10N2O2S/c10-7-4-6(2-1-3-14)5-11-8(7)9(12)13/h1-2,4-5,14H,3,10H2,(H,12,13). The number of rotatable bonds is 3. The number of nitrogens with zero attached hydrogens (tertiary/aromatic N) is 1. The molecule has 0 fully saturated rings. The molecule has 0 unspecified atom stereocenters. The molecule has 0 atom stereocenters. The number of anilines is 1. The van der Waals surface area contributed by atoms with E-state index in [9.17, 15) is 4.79 Å². The number of thiol groups is 1. The number of carboxylic acid groups (broad SMARTS) is 1. The van der Waals surface area contributed by atoms with E-state index in [0.29, 0.717) is 5.75 Å². The van der Waals surface area contributed by atoms with Gasteiger partial charge in [0.15, 0.2) is 5.69 Å². The Labute approximate surface area is 86.9 Å². The van der Waals surface area contributed by atoms with Gasteiger partial charge >= 0.3 is 5.97 Å². The predicted molar refractivity (Wildman–Crippen MR) is 58.5 cm³/mol. The molecule has 4 nitrogen and oxygen atoms in total. The van der Waals surface area contributed by atoms with Crippen LogP contribution < -0.4 is 5.73 Å². The average Bonchev–Trinajstić information content (AvgIpc) is 2.14. The Bertz CT molecular complexity index is 377. The summed E-state index contributed by atoms with van der Waals surface area (Å²) in [5.74, 6) is -0.507. The van der Waals surface area contributed by atoms with E-state index in [0.717, 1.165) is 5.56 Å². The summed E-state index contributed by atoms with van der Waals surface area (Å²) in [5.41, 5.74) is 6.31. The van der Waals surface area contributed by atoms with Crippen molar-refractivity contribution in [2.24, 2.45) is 0 Å². The van der Waals surface area contributed by atoms with Gasteiger partial charge < -0.3 is 10.8 Å². The molecule has 1 aromatic rings. The fourth-order valence-electron chi connectivity index (χ4n) is 0.957. The molecular weight excluding hydrogens is 200 g/mol. The molecule has 0 amide bonds. The van der Waals surface area contributed by atoms with Crippen molar-refractivity contribution >= 4 is 30.4 Å². The molecule has 0 aliphatic rings. The number of nitrogens with two attached hydrogens (primary N) is 1. The summed E-state index contributed by atoms with van der Waals surface area (Å²) in [5, 5.41) is 8.66. The Balaban J connectivity index is 3.00. The Morgan fingerprint density at radius 2 is 2.43 bits per heavy atom. The molecule has 74 valence electrons. The van der Waals surface area contributed by atoms with E-state index in [4.69, 9.17) is 10.8 Å². The van der Waals surface area contributed by atoms with Crippen molar-refractivity contribution in [3.63, 3.8) is 0 Å². The molecule has 1 aromatic heterocycles. The van der Waals surface area contributed by atoms with E-state index in [1.54, 1.807) is 12.1 Å². The summed E-state index contributed by atoms with van der Waals surface area (Å²) in [4.78, 5) is 14.3. The second-order valence-corrected chi connectivity index (χ2v) is 2.96. The lowest BCUT2D eigenvalue weighted by Crippen LogP contribution is -2.05. The van der Waals surface area contributed by atoms with Gasteiger partial charge in [-0.3, -0.25) is 0 Å². The minimum Gasteiger partial charge on any atom is -0.476 e. The van der Waals surface area contributed by atoms with Crippen LogP contribution in [0.1, 0.15) is 16.1 Å². The van der Waals surface area contributed by atoms with Crippen LogP contribution in [0.25, 0.3) is 6.08 Å². The van der Waals surface area contributed by atoms with Crippen LogP contribution in [0, 0.1) is 0 Å². The van der Waals surface area contributed by atoms with E-state index in [1.807, 2.05) is 6.08 Å². The van der Waals surface area contributed by atoms with Crippen LogP contribution in [-0.4, -0.2) is 21.8 Å². The first-order valence-corrected chi connectivity index (χ1v) is 4.54. The van der Waals surface area contributed by atoms with Crippen molar-refractivity contribution < 1.29 is 9.90 Å². The van der Waals surface area contributed by atoms with Gasteiger partial charge in [-0.05, 0) is 11.6 Å². The van der Waals surface area contributed by atoms with Crippen LogP contribution in [0.2, 0.25) is 0 Å². The summed E-state index contributed by atoms with van der Waals surface area (Å²) in [6.45, 7) is 0. The molecule has 14 heavy (non-hydrogen) atoms. The maximum atomic E-state index is 10.6. The molecule has 1 rings (SSSR count). The third-order valence-corrected chi connectivity index (χ3v) is 1.77. The molecular formula is C9H10N2O2S. The highest BCUT2D eigenvalue weighted by Gasteiger charge is 2.08. The molecule has 0 saturated heterocycles. The highest BCUT2D eigenvalue weighted by atomic mass is 32.1. The van der Waals surface area contributed by atoms with E-state index < -0.39 is 5.97 Å². The number of pyridine rings is 1. The summed E-state index contributed by atoms with van der Waals surface area (Å²) in [6.07, 6.45) is 5.06. The van der Waals surface area contributed by atoms with Crippen LogP contribution in [0.15, 0.2) is 18.3 Å². The number of hydrogen-bond donors (Lipinski definition) is 3.